The highest BCUT2D eigenvalue weighted by Gasteiger charge is 2.82. The quantitative estimate of drug-likeness (QED) is 0.596. The first-order valence-corrected chi connectivity index (χ1v) is 8.61. The Bertz CT molecular complexity index is 580. The van der Waals surface area contributed by atoms with Crippen LogP contribution in [0.1, 0.15) is 46.5 Å². The fourth-order valence-corrected chi connectivity index (χ4v) is 5.84. The zero-order valence-electron chi connectivity index (χ0n) is 14.0. The predicted octanol–water partition coefficient (Wildman–Crippen LogP) is 1.57. The van der Waals surface area contributed by atoms with Gasteiger partial charge in [0, 0.05) is 23.2 Å². The maximum absolute atomic E-state index is 11.5. The molecule has 1 saturated heterocycles. The lowest BCUT2D eigenvalue weighted by Gasteiger charge is -2.59. The first kappa shape index (κ1) is 15.6. The van der Waals surface area contributed by atoms with E-state index in [0.717, 1.165) is 25.7 Å². The van der Waals surface area contributed by atoms with Crippen LogP contribution >= 0.6 is 0 Å². The van der Waals surface area contributed by atoms with Crippen molar-refractivity contribution in [2.24, 2.45) is 16.2 Å². The lowest BCUT2D eigenvalue weighted by molar-refractivity contribution is -0.234. The van der Waals surface area contributed by atoms with E-state index in [9.17, 15) is 15.0 Å². The van der Waals surface area contributed by atoms with Crippen LogP contribution in [0.25, 0.3) is 0 Å². The van der Waals surface area contributed by atoms with Gasteiger partial charge >= 0.3 is 5.97 Å². The monoisotopic (exact) mass is 322 g/mol. The van der Waals surface area contributed by atoms with Gasteiger partial charge in [-0.05, 0) is 32.6 Å². The molecule has 0 unspecified atom stereocenters. The molecule has 3 fully saturated rings. The van der Waals surface area contributed by atoms with E-state index >= 15 is 0 Å². The molecule has 0 aromatic carbocycles. The Kier molecular flexibility index (Phi) is 3.11. The second-order valence-corrected chi connectivity index (χ2v) is 8.22. The van der Waals surface area contributed by atoms with E-state index in [1.807, 2.05) is 0 Å². The Labute approximate surface area is 136 Å². The number of hydrogen-bond donors (Lipinski definition) is 2. The number of esters is 1. The topological polar surface area (TPSA) is 76.0 Å². The molecule has 23 heavy (non-hydrogen) atoms. The number of fused-ring (bicyclic) bond motifs is 2. The zero-order chi connectivity index (χ0) is 16.6. The van der Waals surface area contributed by atoms with Crippen LogP contribution in [-0.4, -0.2) is 47.2 Å². The highest BCUT2D eigenvalue weighted by atomic mass is 16.5. The van der Waals surface area contributed by atoms with Crippen LogP contribution in [0.15, 0.2) is 11.6 Å². The minimum atomic E-state index is -0.865. The molecule has 2 bridgehead atoms. The van der Waals surface area contributed by atoms with E-state index in [4.69, 9.17) is 9.47 Å². The van der Waals surface area contributed by atoms with Crippen LogP contribution < -0.4 is 0 Å². The first-order valence-electron chi connectivity index (χ1n) is 8.61. The van der Waals surface area contributed by atoms with Gasteiger partial charge in [0.25, 0.3) is 0 Å². The van der Waals surface area contributed by atoms with Gasteiger partial charge in [0.1, 0.15) is 12.7 Å². The summed E-state index contributed by atoms with van der Waals surface area (Å²) in [6.07, 6.45) is 3.49. The van der Waals surface area contributed by atoms with Gasteiger partial charge in [-0.2, -0.15) is 0 Å². The van der Waals surface area contributed by atoms with E-state index in [1.165, 1.54) is 12.5 Å². The minimum absolute atomic E-state index is 0.179. The summed E-state index contributed by atoms with van der Waals surface area (Å²) in [5, 5.41) is 21.6. The number of carbonyl (C=O) groups is 1. The van der Waals surface area contributed by atoms with Crippen LogP contribution in [0.5, 0.6) is 0 Å². The SMILES string of the molecule is CC(=O)OC[C@@]12CCC(C)=C[C@H]1O[C@H]1[C@@H](O)[C@H](O)[C@]2(C)C12CC2. The van der Waals surface area contributed by atoms with Gasteiger partial charge in [-0.3, -0.25) is 4.79 Å². The molecule has 1 heterocycles. The summed E-state index contributed by atoms with van der Waals surface area (Å²) in [5.41, 5.74) is 0.107. The molecule has 5 nitrogen and oxygen atoms in total. The van der Waals surface area contributed by atoms with Gasteiger partial charge < -0.3 is 19.7 Å². The van der Waals surface area contributed by atoms with Gasteiger partial charge in [0.15, 0.2) is 0 Å². The molecule has 4 rings (SSSR count). The maximum Gasteiger partial charge on any atom is 0.302 e. The number of carbonyl (C=O) groups excluding carboxylic acids is 1. The Hall–Kier alpha value is -0.910. The standard InChI is InChI=1S/C18H26O5/c1-10-4-5-18(9-22-11(2)19)12(8-10)23-15-13(20)14(21)16(18,3)17(15)6-7-17/h8,12-15,20-21H,4-7,9H2,1-3H3/t12-,13+,14+,15+,16-,18+/m1/s1. The summed E-state index contributed by atoms with van der Waals surface area (Å²) >= 11 is 0. The minimum Gasteiger partial charge on any atom is -0.465 e. The number of hydrogen-bond acceptors (Lipinski definition) is 5. The molecular formula is C18H26O5. The third kappa shape index (κ3) is 1.66. The molecule has 0 amide bonds. The van der Waals surface area contributed by atoms with E-state index in [0.29, 0.717) is 0 Å². The molecule has 6 atom stereocenters. The second-order valence-electron chi connectivity index (χ2n) is 8.22. The molecule has 5 heteroatoms. The molecule has 128 valence electrons. The summed E-state index contributed by atoms with van der Waals surface area (Å²) in [6, 6.07) is 0. The number of ether oxygens (including phenoxy) is 2. The number of allylic oxidation sites excluding steroid dienone is 1. The largest absolute Gasteiger partial charge is 0.465 e. The van der Waals surface area contributed by atoms with Gasteiger partial charge in [0.2, 0.25) is 0 Å². The van der Waals surface area contributed by atoms with Gasteiger partial charge in [-0.15, -0.1) is 0 Å². The van der Waals surface area contributed by atoms with Crippen molar-refractivity contribution < 1.29 is 24.5 Å². The second kappa shape index (κ2) is 4.58. The van der Waals surface area contributed by atoms with Crippen LogP contribution in [0.2, 0.25) is 0 Å². The van der Waals surface area contributed by atoms with Crippen LogP contribution in [-0.2, 0) is 14.3 Å². The molecule has 3 aliphatic carbocycles. The van der Waals surface area contributed by atoms with Crippen molar-refractivity contribution in [3.8, 4) is 0 Å². The Morgan fingerprint density at radius 1 is 1.39 bits per heavy atom. The molecule has 0 aromatic heterocycles. The maximum atomic E-state index is 11.5. The highest BCUT2D eigenvalue weighted by molar-refractivity contribution is 5.66. The van der Waals surface area contributed by atoms with E-state index in [-0.39, 0.29) is 30.2 Å². The molecule has 0 aromatic rings. The molecular weight excluding hydrogens is 296 g/mol. The summed E-state index contributed by atoms with van der Waals surface area (Å²) < 4.78 is 11.8. The van der Waals surface area contributed by atoms with Gasteiger partial charge in [-0.1, -0.05) is 18.6 Å². The van der Waals surface area contributed by atoms with Gasteiger partial charge in [-0.25, -0.2) is 0 Å². The molecule has 1 aliphatic heterocycles. The van der Waals surface area contributed by atoms with E-state index in [1.54, 1.807) is 0 Å². The van der Waals surface area contributed by atoms with Crippen LogP contribution in [0, 0.1) is 16.2 Å². The fourth-order valence-electron chi connectivity index (χ4n) is 5.84. The predicted molar refractivity (Wildman–Crippen MR) is 82.5 cm³/mol. The van der Waals surface area contributed by atoms with Crippen molar-refractivity contribution >= 4 is 5.97 Å². The van der Waals surface area contributed by atoms with Crippen molar-refractivity contribution in [1.82, 2.24) is 0 Å². The smallest absolute Gasteiger partial charge is 0.302 e. The number of rotatable bonds is 2. The zero-order valence-corrected chi connectivity index (χ0v) is 14.0. The van der Waals surface area contributed by atoms with Crippen molar-refractivity contribution in [2.45, 2.75) is 70.9 Å². The first-order chi connectivity index (χ1) is 10.8. The van der Waals surface area contributed by atoms with Crippen molar-refractivity contribution in [1.29, 1.82) is 0 Å². The Morgan fingerprint density at radius 2 is 2.09 bits per heavy atom. The average Bonchev–Trinajstić information content (AvgIpc) is 3.28. The molecule has 2 saturated carbocycles. The fraction of sp³-hybridized carbons (Fsp3) is 0.833. The lowest BCUT2D eigenvalue weighted by atomic mass is 9.50. The van der Waals surface area contributed by atoms with Crippen molar-refractivity contribution in [3.05, 3.63) is 11.6 Å². The molecule has 0 radical (unpaired) electrons. The molecule has 1 spiro atoms. The van der Waals surface area contributed by atoms with E-state index in [2.05, 4.69) is 19.9 Å². The van der Waals surface area contributed by atoms with Crippen LogP contribution in [0.3, 0.4) is 0 Å². The number of aliphatic hydroxyl groups is 2. The number of aliphatic hydroxyl groups excluding tert-OH is 2. The Balaban J connectivity index is 1.85. The Morgan fingerprint density at radius 3 is 2.70 bits per heavy atom. The highest BCUT2D eigenvalue weighted by Crippen LogP contribution is 2.78. The third-order valence-corrected chi connectivity index (χ3v) is 7.40. The summed E-state index contributed by atoms with van der Waals surface area (Å²) in [7, 11) is 0. The lowest BCUT2D eigenvalue weighted by Crippen LogP contribution is -2.63. The summed E-state index contributed by atoms with van der Waals surface area (Å²) in [6.45, 7) is 5.82. The molecule has 4 aliphatic rings. The summed E-state index contributed by atoms with van der Waals surface area (Å²) in [5.74, 6) is -0.312. The van der Waals surface area contributed by atoms with Crippen molar-refractivity contribution in [2.75, 3.05) is 6.61 Å². The van der Waals surface area contributed by atoms with Crippen LogP contribution in [0.4, 0.5) is 0 Å². The molecule has 2 N–H and O–H groups in total. The normalized spacial score (nSPS) is 49.5. The van der Waals surface area contributed by atoms with Crippen molar-refractivity contribution in [3.63, 3.8) is 0 Å². The van der Waals surface area contributed by atoms with E-state index < -0.39 is 23.0 Å². The average molecular weight is 322 g/mol. The van der Waals surface area contributed by atoms with Gasteiger partial charge in [0.05, 0.1) is 18.3 Å². The third-order valence-electron chi connectivity index (χ3n) is 7.40. The summed E-state index contributed by atoms with van der Waals surface area (Å²) in [4.78, 5) is 11.5.